The van der Waals surface area contributed by atoms with Crippen LogP contribution in [0.4, 0.5) is 11.4 Å². The largest absolute Gasteiger partial charge is 0.494 e. The Hall–Kier alpha value is -2.11. The molecule has 1 heterocycles. The number of hydrogen-bond acceptors (Lipinski definition) is 6. The van der Waals surface area contributed by atoms with Gasteiger partial charge in [0.1, 0.15) is 0 Å². The van der Waals surface area contributed by atoms with Gasteiger partial charge in [-0.3, -0.25) is 10.1 Å². The second kappa shape index (κ2) is 10.2. The first kappa shape index (κ1) is 24.5. The van der Waals surface area contributed by atoms with Crippen LogP contribution in [0.3, 0.4) is 0 Å². The van der Waals surface area contributed by atoms with E-state index in [4.69, 9.17) is 40.2 Å². The van der Waals surface area contributed by atoms with E-state index in [2.05, 4.69) is 15.5 Å². The van der Waals surface area contributed by atoms with Gasteiger partial charge in [-0.05, 0) is 48.6 Å². The van der Waals surface area contributed by atoms with Crippen LogP contribution < -0.4 is 20.3 Å². The predicted molar refractivity (Wildman–Crippen MR) is 132 cm³/mol. The number of benzene rings is 2. The number of halogens is 2. The third kappa shape index (κ3) is 6.02. The molecule has 1 saturated heterocycles. The number of hydrogen-bond donors (Lipinski definition) is 2. The molecule has 0 radical (unpaired) electrons. The molecule has 0 saturated carbocycles. The van der Waals surface area contributed by atoms with E-state index in [9.17, 15) is 13.2 Å². The quantitative estimate of drug-likeness (QED) is 0.589. The average molecular weight is 517 g/mol. The van der Waals surface area contributed by atoms with Gasteiger partial charge < -0.3 is 15.0 Å². The van der Waals surface area contributed by atoms with Crippen molar-refractivity contribution in [3.05, 3.63) is 52.0 Å². The van der Waals surface area contributed by atoms with Gasteiger partial charge in [0.2, 0.25) is 10.0 Å². The number of carbonyl (C=O) groups excluding carboxylic acids is 1. The molecule has 0 unspecified atom stereocenters. The zero-order valence-corrected chi connectivity index (χ0v) is 20.5. The number of rotatable bonds is 5. The average Bonchev–Trinajstić information content (AvgIpc) is 2.73. The van der Waals surface area contributed by atoms with E-state index in [1.54, 1.807) is 0 Å². The van der Waals surface area contributed by atoms with Crippen molar-refractivity contribution in [1.82, 2.24) is 9.62 Å². The minimum atomic E-state index is -3.16. The summed E-state index contributed by atoms with van der Waals surface area (Å²) in [5, 5.41) is 6.10. The Balaban J connectivity index is 1.57. The maximum atomic E-state index is 12.5. The van der Waals surface area contributed by atoms with Gasteiger partial charge in [0.05, 0.1) is 23.4 Å². The Morgan fingerprint density at radius 3 is 2.12 bits per heavy atom. The fourth-order valence-corrected chi connectivity index (χ4v) is 4.94. The van der Waals surface area contributed by atoms with Crippen molar-refractivity contribution in [2.75, 3.05) is 49.8 Å². The van der Waals surface area contributed by atoms with E-state index in [0.717, 1.165) is 5.69 Å². The molecule has 1 fully saturated rings. The Bertz CT molecular complexity index is 1100. The Kier molecular flexibility index (Phi) is 7.84. The lowest BCUT2D eigenvalue weighted by atomic mass is 10.2. The number of nitrogens with zero attached hydrogens (tertiary/aromatic N) is 2. The summed E-state index contributed by atoms with van der Waals surface area (Å²) in [6, 6.07) is 10.4. The minimum Gasteiger partial charge on any atom is -0.494 e. The number of ether oxygens (including phenoxy) is 1. The molecule has 1 aliphatic rings. The molecule has 2 N–H and O–H groups in total. The zero-order chi connectivity index (χ0) is 23.5. The van der Waals surface area contributed by atoms with Gasteiger partial charge >= 0.3 is 0 Å². The van der Waals surface area contributed by atoms with E-state index < -0.39 is 15.9 Å². The van der Waals surface area contributed by atoms with E-state index in [1.165, 1.54) is 29.8 Å². The summed E-state index contributed by atoms with van der Waals surface area (Å²) in [4.78, 5) is 14.6. The first-order valence-electron chi connectivity index (χ1n) is 9.54. The molecule has 1 aliphatic heterocycles. The van der Waals surface area contributed by atoms with Crippen molar-refractivity contribution in [2.45, 2.75) is 0 Å². The van der Waals surface area contributed by atoms with Gasteiger partial charge in [0.25, 0.3) is 5.91 Å². The van der Waals surface area contributed by atoms with Crippen LogP contribution in [0, 0.1) is 0 Å². The van der Waals surface area contributed by atoms with Crippen LogP contribution in [0.15, 0.2) is 36.4 Å². The predicted octanol–water partition coefficient (Wildman–Crippen LogP) is 3.21. The topological polar surface area (TPSA) is 91.0 Å². The number of anilines is 2. The maximum Gasteiger partial charge on any atom is 0.257 e. The van der Waals surface area contributed by atoms with Crippen LogP contribution >= 0.6 is 35.4 Å². The molecule has 172 valence electrons. The first-order chi connectivity index (χ1) is 15.1. The van der Waals surface area contributed by atoms with Gasteiger partial charge in [-0.25, -0.2) is 8.42 Å². The summed E-state index contributed by atoms with van der Waals surface area (Å²) >= 11 is 17.4. The SMILES string of the molecule is COc1c(Cl)cc(C(=O)NC(=S)Nc2ccc(N3CCN(S(C)(=O)=O)CC3)cc2)cc1Cl. The van der Waals surface area contributed by atoms with Gasteiger partial charge in [0.15, 0.2) is 10.9 Å². The second-order valence-electron chi connectivity index (χ2n) is 7.08. The van der Waals surface area contributed by atoms with Gasteiger partial charge in [0, 0.05) is 43.1 Å². The first-order valence-corrected chi connectivity index (χ1v) is 12.5. The van der Waals surface area contributed by atoms with Crippen molar-refractivity contribution in [1.29, 1.82) is 0 Å². The lowest BCUT2D eigenvalue weighted by molar-refractivity contribution is 0.0977. The van der Waals surface area contributed by atoms with Crippen LogP contribution in [0.25, 0.3) is 0 Å². The summed E-state index contributed by atoms with van der Waals surface area (Å²) in [7, 11) is -1.73. The summed E-state index contributed by atoms with van der Waals surface area (Å²) in [5.74, 6) is -0.169. The molecule has 0 atom stereocenters. The van der Waals surface area contributed by atoms with Crippen LogP contribution in [-0.4, -0.2) is 63.3 Å². The Morgan fingerprint density at radius 1 is 1.06 bits per heavy atom. The number of sulfonamides is 1. The highest BCUT2D eigenvalue weighted by Crippen LogP contribution is 2.33. The lowest BCUT2D eigenvalue weighted by Gasteiger charge is -2.34. The minimum absolute atomic E-state index is 0.118. The molecule has 0 bridgehead atoms. The molecule has 2 aromatic carbocycles. The molecule has 2 aromatic rings. The molecule has 3 rings (SSSR count). The van der Waals surface area contributed by atoms with E-state index in [0.29, 0.717) is 37.6 Å². The van der Waals surface area contributed by atoms with Crippen molar-refractivity contribution in [3.8, 4) is 5.75 Å². The van der Waals surface area contributed by atoms with Crippen molar-refractivity contribution >= 4 is 67.8 Å². The Labute approximate surface area is 202 Å². The van der Waals surface area contributed by atoms with Gasteiger partial charge in [-0.15, -0.1) is 0 Å². The summed E-state index contributed by atoms with van der Waals surface area (Å²) in [5.41, 5.74) is 1.91. The highest BCUT2D eigenvalue weighted by molar-refractivity contribution is 7.88. The maximum absolute atomic E-state index is 12.5. The van der Waals surface area contributed by atoms with Gasteiger partial charge in [-0.1, -0.05) is 23.2 Å². The molecule has 8 nitrogen and oxygen atoms in total. The van der Waals surface area contributed by atoms with E-state index in [1.807, 2.05) is 24.3 Å². The van der Waals surface area contributed by atoms with Gasteiger partial charge in [-0.2, -0.15) is 4.31 Å². The smallest absolute Gasteiger partial charge is 0.257 e. The zero-order valence-electron chi connectivity index (χ0n) is 17.4. The summed E-state index contributed by atoms with van der Waals surface area (Å²) in [6.07, 6.45) is 1.22. The third-order valence-corrected chi connectivity index (χ3v) is 6.96. The molecule has 0 aromatic heterocycles. The highest BCUT2D eigenvalue weighted by atomic mass is 35.5. The molecule has 0 aliphatic carbocycles. The van der Waals surface area contributed by atoms with Crippen molar-refractivity contribution in [3.63, 3.8) is 0 Å². The van der Waals surface area contributed by atoms with E-state index >= 15 is 0 Å². The van der Waals surface area contributed by atoms with Crippen LogP contribution in [0.5, 0.6) is 5.75 Å². The standard InChI is InChI=1S/C20H22Cl2N4O4S2/c1-30-18-16(21)11-13(12-17(18)22)19(27)24-20(31)23-14-3-5-15(6-4-14)25-7-9-26(10-8-25)32(2,28)29/h3-6,11-12H,7-10H2,1-2H3,(H2,23,24,27,31). The molecular formula is C20H22Cl2N4O4S2. The molecule has 1 amide bonds. The van der Waals surface area contributed by atoms with Crippen molar-refractivity contribution < 1.29 is 17.9 Å². The second-order valence-corrected chi connectivity index (χ2v) is 10.3. The fourth-order valence-electron chi connectivity index (χ4n) is 3.26. The normalized spacial score (nSPS) is 14.7. The third-order valence-electron chi connectivity index (χ3n) is 4.89. The van der Waals surface area contributed by atoms with Crippen LogP contribution in [0.1, 0.15) is 10.4 Å². The molecule has 32 heavy (non-hydrogen) atoms. The monoisotopic (exact) mass is 516 g/mol. The number of piperazine rings is 1. The molecule has 0 spiro atoms. The number of amides is 1. The summed E-state index contributed by atoms with van der Waals surface area (Å²) in [6.45, 7) is 2.13. The highest BCUT2D eigenvalue weighted by Gasteiger charge is 2.23. The lowest BCUT2D eigenvalue weighted by Crippen LogP contribution is -2.48. The van der Waals surface area contributed by atoms with Crippen molar-refractivity contribution in [2.24, 2.45) is 0 Å². The van der Waals surface area contributed by atoms with E-state index in [-0.39, 0.29) is 20.7 Å². The fraction of sp³-hybridized carbons (Fsp3) is 0.300. The van der Waals surface area contributed by atoms with Crippen LogP contribution in [0.2, 0.25) is 10.0 Å². The summed E-state index contributed by atoms with van der Waals surface area (Å²) < 4.78 is 29.8. The number of thiocarbonyl (C=S) groups is 1. The number of nitrogens with one attached hydrogen (secondary N) is 2. The molecular weight excluding hydrogens is 495 g/mol. The number of methoxy groups -OCH3 is 1. The van der Waals surface area contributed by atoms with Crippen LogP contribution in [-0.2, 0) is 10.0 Å². The number of carbonyl (C=O) groups is 1. The molecule has 12 heteroatoms. The Morgan fingerprint density at radius 2 is 1.62 bits per heavy atom.